The Balaban J connectivity index is 2.05. The molecule has 0 bridgehead atoms. The Morgan fingerprint density at radius 3 is 1.54 bits per heavy atom. The van der Waals surface area contributed by atoms with Gasteiger partial charge in [-0.25, -0.2) is 9.59 Å². The number of hydrogen-bond acceptors (Lipinski definition) is 14. The molecule has 0 spiro atoms. The lowest BCUT2D eigenvalue weighted by molar-refractivity contribution is 0.0699. The summed E-state index contributed by atoms with van der Waals surface area (Å²) in [5, 5.41) is 24.2. The zero-order valence-corrected chi connectivity index (χ0v) is 37.8. The third kappa shape index (κ3) is 19.0. The quantitative estimate of drug-likeness (QED) is 0.0476. The summed E-state index contributed by atoms with van der Waals surface area (Å²) in [6.45, 7) is 17.5. The number of allylic oxidation sites excluding steroid dienone is 6. The SMILES string of the molecule is CCO[Si](CCCNC(=O)OCCN(CCOC(=O)NCCC[Si](OCC)(OCC)OCC)c1ccc(/C=C/C2=CC(=C(C#N)C#N)C=C(C)O2)cc1)(OCC)OCC. The van der Waals surface area contributed by atoms with E-state index in [2.05, 4.69) is 10.6 Å². The molecule has 16 nitrogen and oxygen atoms in total. The van der Waals surface area contributed by atoms with Gasteiger partial charge < -0.3 is 56.3 Å². The molecule has 0 saturated carbocycles. The van der Waals surface area contributed by atoms with Crippen molar-refractivity contribution in [1.29, 1.82) is 10.5 Å². The summed E-state index contributed by atoms with van der Waals surface area (Å²) in [5.74, 6) is 1.04. The predicted molar refractivity (Wildman–Crippen MR) is 228 cm³/mol. The Labute approximate surface area is 352 Å². The molecule has 2 amide bonds. The van der Waals surface area contributed by atoms with E-state index in [1.54, 1.807) is 25.2 Å². The van der Waals surface area contributed by atoms with Crippen LogP contribution in [0.5, 0.6) is 0 Å². The van der Waals surface area contributed by atoms with Crippen molar-refractivity contribution < 1.29 is 50.4 Å². The molecule has 2 rings (SSSR count). The normalized spacial score (nSPS) is 12.8. The van der Waals surface area contributed by atoms with Crippen LogP contribution >= 0.6 is 0 Å². The summed E-state index contributed by atoms with van der Waals surface area (Å²) in [4.78, 5) is 27.2. The van der Waals surface area contributed by atoms with E-state index in [0.29, 0.717) is 108 Å². The van der Waals surface area contributed by atoms with Crippen molar-refractivity contribution in [2.24, 2.45) is 0 Å². The number of alkyl carbamates (subject to hydrolysis) is 2. The highest BCUT2D eigenvalue weighted by molar-refractivity contribution is 6.61. The predicted octanol–water partition coefficient (Wildman–Crippen LogP) is 7.00. The largest absolute Gasteiger partial charge is 0.500 e. The lowest BCUT2D eigenvalue weighted by atomic mass is 10.1. The first kappa shape index (κ1) is 50.6. The van der Waals surface area contributed by atoms with Gasteiger partial charge in [-0.3, -0.25) is 0 Å². The zero-order chi connectivity index (χ0) is 43.4. The van der Waals surface area contributed by atoms with E-state index < -0.39 is 29.8 Å². The number of benzene rings is 1. The highest BCUT2D eigenvalue weighted by Gasteiger charge is 2.40. The Kier molecular flexibility index (Phi) is 24.8. The molecule has 0 saturated heterocycles. The van der Waals surface area contributed by atoms with Crippen LogP contribution in [0.2, 0.25) is 12.1 Å². The van der Waals surface area contributed by atoms with Gasteiger partial charge in [0.15, 0.2) is 0 Å². The smallest absolute Gasteiger partial charge is 0.462 e. The lowest BCUT2D eigenvalue weighted by Gasteiger charge is -2.28. The second-order valence-corrected chi connectivity index (χ2v) is 18.1. The Hall–Kier alpha value is -4.51. The minimum Gasteiger partial charge on any atom is -0.462 e. The van der Waals surface area contributed by atoms with Crippen molar-refractivity contribution in [2.45, 2.75) is 73.4 Å². The van der Waals surface area contributed by atoms with Crippen molar-refractivity contribution in [3.63, 3.8) is 0 Å². The number of carbonyl (C=O) groups is 2. The maximum Gasteiger partial charge on any atom is 0.500 e. The standard InChI is InChI=1S/C41H63N5O11Si2/c1-8-51-58(52-9-2,53-10-3)28-14-22-44-40(47)49-26-24-46(25-27-50-41(48)45-23-15-29-59(54-11-4,55-12-5)56-13-6)38-19-16-35(17-20-38)18-21-39-31-36(30-34(7)57-39)37(32-42)33-43/h16-21,30-31H,8-15,22-29H2,1-7H3,(H,44,47)(H,45,48)/b21-18+. The first-order valence-corrected chi connectivity index (χ1v) is 24.2. The molecule has 0 atom stereocenters. The minimum atomic E-state index is -2.82. The van der Waals surface area contributed by atoms with Crippen molar-refractivity contribution in [2.75, 3.05) is 83.9 Å². The minimum absolute atomic E-state index is 0.00101. The Bertz CT molecular complexity index is 1540. The van der Waals surface area contributed by atoms with Gasteiger partial charge in [0.1, 0.15) is 42.4 Å². The number of nitrogens with zero attached hydrogens (tertiary/aromatic N) is 3. The molecule has 0 aliphatic carbocycles. The molecular formula is C41H63N5O11Si2. The maximum atomic E-state index is 12.6. The fraction of sp³-hybridized carbons (Fsp3) is 0.561. The van der Waals surface area contributed by atoms with Crippen molar-refractivity contribution >= 4 is 41.6 Å². The van der Waals surface area contributed by atoms with E-state index in [4.69, 9.17) is 40.8 Å². The van der Waals surface area contributed by atoms with Crippen LogP contribution in [0, 0.1) is 22.7 Å². The van der Waals surface area contributed by atoms with Crippen LogP contribution in [0.25, 0.3) is 6.08 Å². The first-order valence-electron chi connectivity index (χ1n) is 20.4. The van der Waals surface area contributed by atoms with Crippen LogP contribution in [0.1, 0.15) is 66.9 Å². The lowest BCUT2D eigenvalue weighted by Crippen LogP contribution is -2.46. The topological polar surface area (TPSA) is 192 Å². The number of nitrogens with one attached hydrogen (secondary N) is 2. The van der Waals surface area contributed by atoms with Gasteiger partial charge in [-0.1, -0.05) is 18.2 Å². The third-order valence-corrected chi connectivity index (χ3v) is 14.7. The second-order valence-electron chi connectivity index (χ2n) is 12.7. The molecule has 0 radical (unpaired) electrons. The molecule has 18 heteroatoms. The second kappa shape index (κ2) is 28.8. The molecule has 1 aliphatic heterocycles. The molecule has 0 fully saturated rings. The van der Waals surface area contributed by atoms with Gasteiger partial charge in [0.05, 0.1) is 13.1 Å². The number of anilines is 1. The van der Waals surface area contributed by atoms with E-state index in [1.807, 2.05) is 88.9 Å². The number of hydrogen-bond donors (Lipinski definition) is 2. The Morgan fingerprint density at radius 2 is 1.14 bits per heavy atom. The summed E-state index contributed by atoms with van der Waals surface area (Å²) >= 11 is 0. The zero-order valence-electron chi connectivity index (χ0n) is 35.8. The molecule has 0 unspecified atom stereocenters. The van der Waals surface area contributed by atoms with Crippen molar-refractivity contribution in [3.8, 4) is 12.1 Å². The van der Waals surface area contributed by atoms with E-state index in [0.717, 1.165) is 11.3 Å². The number of amides is 2. The highest BCUT2D eigenvalue weighted by atomic mass is 28.4. The average molecular weight is 858 g/mol. The van der Waals surface area contributed by atoms with E-state index in [9.17, 15) is 20.1 Å². The molecule has 326 valence electrons. The molecule has 1 aromatic carbocycles. The van der Waals surface area contributed by atoms with E-state index >= 15 is 0 Å². The molecule has 59 heavy (non-hydrogen) atoms. The summed E-state index contributed by atoms with van der Waals surface area (Å²) in [6.07, 6.45) is 6.98. The molecule has 2 N–H and O–H groups in total. The van der Waals surface area contributed by atoms with Crippen molar-refractivity contribution in [3.05, 3.63) is 70.7 Å². The van der Waals surface area contributed by atoms with Crippen LogP contribution in [0.3, 0.4) is 0 Å². The van der Waals surface area contributed by atoms with Gasteiger partial charge in [-0.2, -0.15) is 10.5 Å². The number of rotatable bonds is 29. The monoisotopic (exact) mass is 857 g/mol. The van der Waals surface area contributed by atoms with Gasteiger partial charge in [-0.15, -0.1) is 0 Å². The maximum absolute atomic E-state index is 12.6. The summed E-state index contributed by atoms with van der Waals surface area (Å²) < 4.78 is 52.2. The highest BCUT2D eigenvalue weighted by Crippen LogP contribution is 2.24. The van der Waals surface area contributed by atoms with E-state index in [1.165, 1.54) is 0 Å². The van der Waals surface area contributed by atoms with Gasteiger partial charge in [0.2, 0.25) is 0 Å². The number of nitriles is 2. The fourth-order valence-electron chi connectivity index (χ4n) is 5.98. The van der Waals surface area contributed by atoms with Crippen LogP contribution in [-0.2, 0) is 40.8 Å². The van der Waals surface area contributed by atoms with Gasteiger partial charge >= 0.3 is 29.8 Å². The molecule has 1 heterocycles. The van der Waals surface area contributed by atoms with Crippen LogP contribution in [0.15, 0.2) is 65.2 Å². The summed E-state index contributed by atoms with van der Waals surface area (Å²) in [5.41, 5.74) is 2.16. The van der Waals surface area contributed by atoms with Crippen LogP contribution < -0.4 is 15.5 Å². The first-order chi connectivity index (χ1) is 28.5. The Morgan fingerprint density at radius 1 is 0.695 bits per heavy atom. The van der Waals surface area contributed by atoms with Gasteiger partial charge in [0.25, 0.3) is 0 Å². The summed E-state index contributed by atoms with van der Waals surface area (Å²) in [6, 6.07) is 12.6. The van der Waals surface area contributed by atoms with Crippen LogP contribution in [0.4, 0.5) is 15.3 Å². The number of ether oxygens (including phenoxy) is 3. The molecule has 0 aromatic heterocycles. The fourth-order valence-corrected chi connectivity index (χ4v) is 11.2. The van der Waals surface area contributed by atoms with Crippen molar-refractivity contribution in [1.82, 2.24) is 10.6 Å². The summed E-state index contributed by atoms with van der Waals surface area (Å²) in [7, 11) is -5.63. The van der Waals surface area contributed by atoms with Gasteiger partial charge in [-0.05, 0) is 97.2 Å². The third-order valence-electron chi connectivity index (χ3n) is 8.38. The average Bonchev–Trinajstić information content (AvgIpc) is 3.21. The molecule has 1 aliphatic rings. The number of carbonyl (C=O) groups excluding carboxylic acids is 2. The molecular weight excluding hydrogens is 795 g/mol. The van der Waals surface area contributed by atoms with Crippen LogP contribution in [-0.4, -0.2) is 109 Å². The van der Waals surface area contributed by atoms with Gasteiger partial charge in [0, 0.05) is 76.1 Å². The van der Waals surface area contributed by atoms with E-state index in [-0.39, 0.29) is 18.8 Å². The molecule has 1 aromatic rings.